The Kier molecular flexibility index (Phi) is 6.42. The van der Waals surface area contributed by atoms with Crippen LogP contribution in [0.2, 0.25) is 0 Å². The topological polar surface area (TPSA) is 137 Å². The van der Waals surface area contributed by atoms with E-state index in [2.05, 4.69) is 29.9 Å². The van der Waals surface area contributed by atoms with E-state index in [1.165, 1.54) is 6.07 Å². The van der Waals surface area contributed by atoms with Crippen molar-refractivity contribution >= 4 is 16.7 Å². The maximum Gasteiger partial charge on any atom is 0.433 e. The summed E-state index contributed by atoms with van der Waals surface area (Å²) in [5.74, 6) is -0.0793. The van der Waals surface area contributed by atoms with Crippen molar-refractivity contribution in [3.8, 4) is 17.1 Å². The maximum atomic E-state index is 13.1. The summed E-state index contributed by atoms with van der Waals surface area (Å²) in [7, 11) is 0. The molecule has 6 rings (SSSR count). The third kappa shape index (κ3) is 5.15. The molecule has 206 valence electrons. The van der Waals surface area contributed by atoms with E-state index in [0.717, 1.165) is 60.8 Å². The smallest absolute Gasteiger partial charge is 0.433 e. The molecule has 0 bridgehead atoms. The van der Waals surface area contributed by atoms with E-state index in [9.17, 15) is 13.2 Å². The number of aromatic nitrogens is 6. The molecule has 0 atom stereocenters. The highest BCUT2D eigenvalue weighted by atomic mass is 19.4. The number of nitrogen functional groups attached to an aromatic ring is 1. The number of hydrogen-bond acceptors (Lipinski definition) is 8. The number of piperidine rings is 1. The summed E-state index contributed by atoms with van der Waals surface area (Å²) in [6.07, 6.45) is 5.80. The van der Waals surface area contributed by atoms with Gasteiger partial charge >= 0.3 is 6.18 Å². The van der Waals surface area contributed by atoms with Gasteiger partial charge in [0.25, 0.3) is 0 Å². The molecule has 2 fully saturated rings. The van der Waals surface area contributed by atoms with Crippen molar-refractivity contribution < 1.29 is 17.9 Å². The van der Waals surface area contributed by atoms with Crippen LogP contribution in [-0.4, -0.2) is 66.4 Å². The predicted molar refractivity (Wildman–Crippen MR) is 138 cm³/mol. The molecule has 5 heterocycles. The molecule has 13 heteroatoms. The van der Waals surface area contributed by atoms with Gasteiger partial charge in [-0.3, -0.25) is 4.68 Å². The standard InChI is InChI=1S/C26H30F3N9O/c27-26(28,29)21-7-17(31)8-22(36-21)39-19-2-5-37(6-3-19)18-9-25(10-18,13-30)14-38-12-16(11-35-38)23-20-1-4-32-24(20)34-15-33-23/h1,4,7-8,11-12,15,18-19H,2-3,5-6,9-10,13-14,30H2,(H2,31,36)(H,32,33,34). The molecule has 1 saturated carbocycles. The molecule has 1 saturated heterocycles. The number of aromatic amines is 1. The summed E-state index contributed by atoms with van der Waals surface area (Å²) in [6, 6.07) is 4.53. The van der Waals surface area contributed by atoms with Crippen LogP contribution in [0.1, 0.15) is 31.4 Å². The molecule has 0 unspecified atom stereocenters. The van der Waals surface area contributed by atoms with Crippen LogP contribution < -0.4 is 16.2 Å². The van der Waals surface area contributed by atoms with Gasteiger partial charge in [0.15, 0.2) is 5.69 Å². The van der Waals surface area contributed by atoms with Gasteiger partial charge in [0.05, 0.1) is 11.9 Å². The van der Waals surface area contributed by atoms with E-state index >= 15 is 0 Å². The van der Waals surface area contributed by atoms with Gasteiger partial charge in [-0.05, 0) is 44.4 Å². The summed E-state index contributed by atoms with van der Waals surface area (Å²) < 4.78 is 46.9. The number of pyridine rings is 1. The number of nitrogens with one attached hydrogen (secondary N) is 1. The largest absolute Gasteiger partial charge is 0.474 e. The summed E-state index contributed by atoms with van der Waals surface area (Å²) in [6.45, 7) is 2.90. The van der Waals surface area contributed by atoms with Crippen molar-refractivity contribution in [2.45, 2.75) is 50.6 Å². The lowest BCUT2D eigenvalue weighted by molar-refractivity contribution is -0.141. The van der Waals surface area contributed by atoms with Gasteiger partial charge in [-0.2, -0.15) is 18.3 Å². The molecule has 2 aliphatic rings. The molecule has 39 heavy (non-hydrogen) atoms. The lowest BCUT2D eigenvalue weighted by Gasteiger charge is -2.52. The Labute approximate surface area is 222 Å². The number of fused-ring (bicyclic) bond motifs is 1. The van der Waals surface area contributed by atoms with Crippen LogP contribution in [0, 0.1) is 5.41 Å². The molecular weight excluding hydrogens is 511 g/mol. The Morgan fingerprint density at radius 2 is 1.95 bits per heavy atom. The second-order valence-electron chi connectivity index (χ2n) is 10.6. The highest BCUT2D eigenvalue weighted by Crippen LogP contribution is 2.45. The lowest BCUT2D eigenvalue weighted by Crippen LogP contribution is -2.57. The minimum absolute atomic E-state index is 0.0172. The molecule has 10 nitrogen and oxygen atoms in total. The van der Waals surface area contributed by atoms with Gasteiger partial charge in [-0.1, -0.05) is 0 Å². The van der Waals surface area contributed by atoms with Gasteiger partial charge in [-0.25, -0.2) is 15.0 Å². The number of H-pyrrole nitrogens is 1. The van der Waals surface area contributed by atoms with Crippen LogP contribution in [0.3, 0.4) is 0 Å². The molecule has 1 aliphatic heterocycles. The van der Waals surface area contributed by atoms with Crippen LogP contribution in [0.4, 0.5) is 18.9 Å². The van der Waals surface area contributed by atoms with E-state index in [4.69, 9.17) is 16.2 Å². The number of halogens is 3. The monoisotopic (exact) mass is 541 g/mol. The first kappa shape index (κ1) is 25.6. The predicted octanol–water partition coefficient (Wildman–Crippen LogP) is 3.47. The Bertz CT molecular complexity index is 1450. The highest BCUT2D eigenvalue weighted by Gasteiger charge is 2.46. The average molecular weight is 542 g/mol. The van der Waals surface area contributed by atoms with E-state index < -0.39 is 11.9 Å². The van der Waals surface area contributed by atoms with Crippen molar-refractivity contribution in [2.75, 3.05) is 25.4 Å². The van der Waals surface area contributed by atoms with Gasteiger partial charge in [0.1, 0.15) is 18.1 Å². The van der Waals surface area contributed by atoms with Crippen molar-refractivity contribution in [3.63, 3.8) is 0 Å². The quantitative estimate of drug-likeness (QED) is 0.324. The van der Waals surface area contributed by atoms with Gasteiger partial charge in [0.2, 0.25) is 5.88 Å². The molecule has 4 aromatic heterocycles. The van der Waals surface area contributed by atoms with Crippen molar-refractivity contribution in [3.05, 3.63) is 48.8 Å². The third-order valence-electron chi connectivity index (χ3n) is 7.92. The van der Waals surface area contributed by atoms with Gasteiger partial charge in [0, 0.05) is 66.2 Å². The number of nitrogens with zero attached hydrogens (tertiary/aromatic N) is 6. The molecule has 5 N–H and O–H groups in total. The van der Waals surface area contributed by atoms with Crippen molar-refractivity contribution in [1.82, 2.24) is 34.6 Å². The maximum absolute atomic E-state index is 13.1. The normalized spacial score (nSPS) is 22.7. The third-order valence-corrected chi connectivity index (χ3v) is 7.92. The summed E-state index contributed by atoms with van der Waals surface area (Å²) in [5.41, 5.74) is 13.4. The minimum Gasteiger partial charge on any atom is -0.474 e. The summed E-state index contributed by atoms with van der Waals surface area (Å²) in [5, 5.41) is 5.54. The van der Waals surface area contributed by atoms with E-state index in [1.54, 1.807) is 6.33 Å². The van der Waals surface area contributed by atoms with Crippen molar-refractivity contribution in [1.29, 1.82) is 0 Å². The molecule has 0 spiro atoms. The zero-order chi connectivity index (χ0) is 27.2. The van der Waals surface area contributed by atoms with Gasteiger partial charge in [-0.15, -0.1) is 0 Å². The Morgan fingerprint density at radius 3 is 2.69 bits per heavy atom. The molecule has 4 aromatic rings. The van der Waals surface area contributed by atoms with Crippen LogP contribution in [0.5, 0.6) is 5.88 Å². The van der Waals surface area contributed by atoms with Crippen LogP contribution in [0.15, 0.2) is 43.1 Å². The van der Waals surface area contributed by atoms with Crippen LogP contribution >= 0.6 is 0 Å². The van der Waals surface area contributed by atoms with E-state index in [-0.39, 0.29) is 23.1 Å². The second-order valence-corrected chi connectivity index (χ2v) is 10.6. The number of alkyl halides is 3. The SMILES string of the molecule is NCC1(Cn2cc(-c3ncnc4[nH]ccc34)cn2)CC(N2CCC(Oc3cc(N)cc(C(F)(F)F)n3)CC2)C1. The minimum atomic E-state index is -4.57. The van der Waals surface area contributed by atoms with E-state index in [0.29, 0.717) is 25.4 Å². The molecular formula is C26H30F3N9O. The fourth-order valence-electron chi connectivity index (χ4n) is 5.84. The first-order valence-corrected chi connectivity index (χ1v) is 13.0. The van der Waals surface area contributed by atoms with E-state index in [1.807, 2.05) is 29.3 Å². The van der Waals surface area contributed by atoms with Crippen LogP contribution in [0.25, 0.3) is 22.3 Å². The Morgan fingerprint density at radius 1 is 1.15 bits per heavy atom. The van der Waals surface area contributed by atoms with Gasteiger partial charge < -0.3 is 26.1 Å². The highest BCUT2D eigenvalue weighted by molar-refractivity contribution is 5.89. The van der Waals surface area contributed by atoms with Crippen LogP contribution in [-0.2, 0) is 12.7 Å². The number of rotatable bonds is 7. The summed E-state index contributed by atoms with van der Waals surface area (Å²) in [4.78, 5) is 17.9. The number of nitrogens with two attached hydrogens (primary N) is 2. The average Bonchev–Trinajstić information content (AvgIpc) is 3.55. The first-order chi connectivity index (χ1) is 18.7. The molecule has 0 amide bonds. The molecule has 0 radical (unpaired) electrons. The Hall–Kier alpha value is -3.71. The fourth-order valence-corrected chi connectivity index (χ4v) is 5.84. The Balaban J connectivity index is 1.03. The zero-order valence-corrected chi connectivity index (χ0v) is 21.2. The first-order valence-electron chi connectivity index (χ1n) is 13.0. The number of anilines is 1. The second kappa shape index (κ2) is 9.79. The lowest BCUT2D eigenvalue weighted by atomic mass is 9.64. The number of likely N-dealkylation sites (tertiary alicyclic amines) is 1. The fraction of sp³-hybridized carbons (Fsp3) is 0.462. The molecule has 1 aliphatic carbocycles. The molecule has 0 aromatic carbocycles. The number of ether oxygens (including phenoxy) is 1. The van der Waals surface area contributed by atoms with Crippen molar-refractivity contribution in [2.24, 2.45) is 11.1 Å². The number of hydrogen-bond donors (Lipinski definition) is 3. The summed E-state index contributed by atoms with van der Waals surface area (Å²) >= 11 is 0. The zero-order valence-electron chi connectivity index (χ0n) is 21.2.